The van der Waals surface area contributed by atoms with Crippen LogP contribution >= 0.6 is 23.1 Å². The minimum atomic E-state index is -0.989. The number of anilines is 1. The highest BCUT2D eigenvalue weighted by atomic mass is 32.2. The van der Waals surface area contributed by atoms with Gasteiger partial charge in [-0.3, -0.25) is 9.59 Å². The molecule has 8 nitrogen and oxygen atoms in total. The highest BCUT2D eigenvalue weighted by Gasteiger charge is 2.30. The van der Waals surface area contributed by atoms with Crippen LogP contribution in [0.3, 0.4) is 0 Å². The Bertz CT molecular complexity index is 1160. The molecule has 11 heteroatoms. The first kappa shape index (κ1) is 20.2. The molecule has 0 saturated heterocycles. The summed E-state index contributed by atoms with van der Waals surface area (Å²) in [7, 11) is 0. The molecule has 0 bridgehead atoms. The molecule has 1 fully saturated rings. The number of amides is 1. The summed E-state index contributed by atoms with van der Waals surface area (Å²) in [5.74, 6) is -1.43. The standard InChI is InChI=1S/C19H14FN3O5S2/c20-13-4-2-1-3-12(13)17(26)28-15-8-27-11(7-14(15)24)9-29-19-23-22-18(30-19)21-16(25)10-5-6-10/h1-4,7-8,10H,5-6,9H2,(H,21,22,25). The zero-order chi connectivity index (χ0) is 21.1. The molecule has 1 aliphatic carbocycles. The number of benzene rings is 1. The maximum Gasteiger partial charge on any atom is 0.346 e. The van der Waals surface area contributed by atoms with Crippen molar-refractivity contribution in [3.63, 3.8) is 0 Å². The molecule has 1 saturated carbocycles. The zero-order valence-corrected chi connectivity index (χ0v) is 16.9. The monoisotopic (exact) mass is 447 g/mol. The van der Waals surface area contributed by atoms with E-state index in [9.17, 15) is 18.8 Å². The number of thioether (sulfide) groups is 1. The second kappa shape index (κ2) is 8.76. The number of nitrogens with one attached hydrogen (secondary N) is 1. The number of carbonyl (C=O) groups is 2. The molecule has 2 aromatic heterocycles. The SMILES string of the molecule is O=C(Oc1coc(CSc2nnc(NC(=O)C3CC3)s2)cc1=O)c1ccccc1F. The zero-order valence-electron chi connectivity index (χ0n) is 15.3. The van der Waals surface area contributed by atoms with Gasteiger partial charge in [-0.2, -0.15) is 0 Å². The minimum Gasteiger partial charge on any atom is -0.464 e. The molecule has 154 valence electrons. The van der Waals surface area contributed by atoms with Gasteiger partial charge in [-0.25, -0.2) is 9.18 Å². The van der Waals surface area contributed by atoms with E-state index in [1.165, 1.54) is 47.4 Å². The number of ether oxygens (including phenoxy) is 1. The van der Waals surface area contributed by atoms with Crippen LogP contribution in [0.25, 0.3) is 0 Å². The predicted octanol–water partition coefficient (Wildman–Crippen LogP) is 3.49. The molecule has 4 rings (SSSR count). The maximum absolute atomic E-state index is 13.6. The van der Waals surface area contributed by atoms with Gasteiger partial charge in [0.1, 0.15) is 17.8 Å². The topological polar surface area (TPSA) is 111 Å². The number of aromatic nitrogens is 2. The van der Waals surface area contributed by atoms with Gasteiger partial charge in [0.25, 0.3) is 0 Å². The van der Waals surface area contributed by atoms with Gasteiger partial charge in [0, 0.05) is 12.0 Å². The van der Waals surface area contributed by atoms with Crippen LogP contribution in [0.5, 0.6) is 5.75 Å². The van der Waals surface area contributed by atoms with E-state index in [1.54, 1.807) is 0 Å². The van der Waals surface area contributed by atoms with Gasteiger partial charge in [0.2, 0.25) is 22.2 Å². The first-order chi connectivity index (χ1) is 14.5. The van der Waals surface area contributed by atoms with Crippen molar-refractivity contribution < 1.29 is 23.1 Å². The van der Waals surface area contributed by atoms with E-state index in [2.05, 4.69) is 15.5 Å². The lowest BCUT2D eigenvalue weighted by Gasteiger charge is -2.05. The average Bonchev–Trinajstić information content (AvgIpc) is 3.49. The van der Waals surface area contributed by atoms with Crippen LogP contribution in [0.4, 0.5) is 9.52 Å². The maximum atomic E-state index is 13.6. The Morgan fingerprint density at radius 3 is 2.83 bits per heavy atom. The Morgan fingerprint density at radius 2 is 2.10 bits per heavy atom. The molecule has 1 amide bonds. The van der Waals surface area contributed by atoms with Crippen LogP contribution in [0.15, 0.2) is 50.1 Å². The van der Waals surface area contributed by atoms with E-state index < -0.39 is 17.2 Å². The van der Waals surface area contributed by atoms with Gasteiger partial charge in [-0.15, -0.1) is 10.2 Å². The lowest BCUT2D eigenvalue weighted by molar-refractivity contribution is -0.117. The number of halogens is 1. The quantitative estimate of drug-likeness (QED) is 0.333. The van der Waals surface area contributed by atoms with E-state index >= 15 is 0 Å². The second-order valence-corrected chi connectivity index (χ2v) is 8.57. The van der Waals surface area contributed by atoms with Gasteiger partial charge in [-0.05, 0) is 25.0 Å². The number of hydrogen-bond donors (Lipinski definition) is 1. The Morgan fingerprint density at radius 1 is 1.30 bits per heavy atom. The van der Waals surface area contributed by atoms with E-state index in [1.807, 2.05) is 0 Å². The third kappa shape index (κ3) is 4.92. The van der Waals surface area contributed by atoms with Crippen molar-refractivity contribution in [2.45, 2.75) is 22.9 Å². The van der Waals surface area contributed by atoms with Crippen LogP contribution < -0.4 is 15.5 Å². The predicted molar refractivity (Wildman–Crippen MR) is 107 cm³/mol. The molecule has 3 aromatic rings. The Balaban J connectivity index is 1.35. The average molecular weight is 447 g/mol. The molecule has 0 radical (unpaired) electrons. The Labute approximate surface area is 177 Å². The molecule has 1 aliphatic rings. The van der Waals surface area contributed by atoms with Crippen molar-refractivity contribution in [3.8, 4) is 5.75 Å². The number of esters is 1. The van der Waals surface area contributed by atoms with Gasteiger partial charge in [0.15, 0.2) is 4.34 Å². The normalized spacial score (nSPS) is 13.1. The fourth-order valence-electron chi connectivity index (χ4n) is 2.37. The summed E-state index contributed by atoms with van der Waals surface area (Å²) >= 11 is 2.50. The van der Waals surface area contributed by atoms with Crippen LogP contribution in [-0.4, -0.2) is 22.1 Å². The summed E-state index contributed by atoms with van der Waals surface area (Å²) in [6, 6.07) is 6.49. The third-order valence-corrected chi connectivity index (χ3v) is 6.07. The molecule has 2 heterocycles. The first-order valence-electron chi connectivity index (χ1n) is 8.85. The summed E-state index contributed by atoms with van der Waals surface area (Å²) in [5, 5.41) is 11.0. The largest absolute Gasteiger partial charge is 0.464 e. The van der Waals surface area contributed by atoms with E-state index in [4.69, 9.17) is 9.15 Å². The molecule has 30 heavy (non-hydrogen) atoms. The van der Waals surface area contributed by atoms with E-state index in [0.29, 0.717) is 15.2 Å². The smallest absolute Gasteiger partial charge is 0.346 e. The lowest BCUT2D eigenvalue weighted by atomic mass is 10.2. The van der Waals surface area contributed by atoms with Crippen molar-refractivity contribution in [1.82, 2.24) is 10.2 Å². The van der Waals surface area contributed by atoms with Crippen LogP contribution in [0, 0.1) is 11.7 Å². The minimum absolute atomic E-state index is 0.0470. The van der Waals surface area contributed by atoms with Gasteiger partial charge in [-0.1, -0.05) is 35.2 Å². The molecule has 0 unspecified atom stereocenters. The molecule has 0 atom stereocenters. The molecule has 0 spiro atoms. The van der Waals surface area contributed by atoms with Gasteiger partial charge in [0.05, 0.1) is 11.3 Å². The highest BCUT2D eigenvalue weighted by Crippen LogP contribution is 2.32. The number of hydrogen-bond acceptors (Lipinski definition) is 9. The van der Waals surface area contributed by atoms with Crippen LogP contribution in [-0.2, 0) is 10.5 Å². The van der Waals surface area contributed by atoms with E-state index in [0.717, 1.165) is 25.2 Å². The summed E-state index contributed by atoms with van der Waals surface area (Å²) in [5.41, 5.74) is -0.853. The lowest BCUT2D eigenvalue weighted by Crippen LogP contribution is -2.15. The Kier molecular flexibility index (Phi) is 5.91. The molecular weight excluding hydrogens is 433 g/mol. The van der Waals surface area contributed by atoms with Crippen molar-refractivity contribution >= 4 is 40.1 Å². The fraction of sp³-hybridized carbons (Fsp3) is 0.211. The summed E-state index contributed by atoms with van der Waals surface area (Å²) in [6.45, 7) is 0. The van der Waals surface area contributed by atoms with E-state index in [-0.39, 0.29) is 28.9 Å². The Hall–Kier alpha value is -3.05. The summed E-state index contributed by atoms with van der Waals surface area (Å²) in [4.78, 5) is 35.9. The molecule has 1 aromatic carbocycles. The van der Waals surface area contributed by atoms with Crippen LogP contribution in [0.2, 0.25) is 0 Å². The third-order valence-electron chi connectivity index (χ3n) is 4.07. The van der Waals surface area contributed by atoms with Crippen molar-refractivity contribution in [2.75, 3.05) is 5.32 Å². The van der Waals surface area contributed by atoms with Crippen LogP contribution in [0.1, 0.15) is 29.0 Å². The molecule has 0 aliphatic heterocycles. The number of nitrogens with zero attached hydrogens (tertiary/aromatic N) is 2. The van der Waals surface area contributed by atoms with Gasteiger partial charge >= 0.3 is 5.97 Å². The van der Waals surface area contributed by atoms with Gasteiger partial charge < -0.3 is 14.5 Å². The summed E-state index contributed by atoms with van der Waals surface area (Å²) < 4.78 is 24.5. The van der Waals surface area contributed by atoms with Crippen molar-refractivity contribution in [2.24, 2.45) is 5.92 Å². The molecule has 1 N–H and O–H groups in total. The second-order valence-electron chi connectivity index (χ2n) is 6.37. The first-order valence-corrected chi connectivity index (χ1v) is 10.7. The fourth-order valence-corrected chi connectivity index (χ4v) is 4.02. The number of carbonyl (C=O) groups excluding carboxylic acids is 2. The highest BCUT2D eigenvalue weighted by molar-refractivity contribution is 8.00. The summed E-state index contributed by atoms with van der Waals surface area (Å²) in [6.07, 6.45) is 2.81. The van der Waals surface area contributed by atoms with Crippen molar-refractivity contribution in [1.29, 1.82) is 0 Å². The number of rotatable bonds is 7. The van der Waals surface area contributed by atoms with Crippen molar-refractivity contribution in [3.05, 3.63) is 64.0 Å². The molecular formula is C19H14FN3O5S2.